The SMILES string of the molecule is C[C@]12CC[C@@H]3c4ccc(OS(=O)(=O)[O-])cc4CC[C@H]3[C@@H]1CCC2=O.[K+]. The molecule has 4 atom stereocenters. The number of carbonyl (C=O) groups excluding carboxylic acids is 1. The minimum absolute atomic E-state index is 0. The van der Waals surface area contributed by atoms with Crippen LogP contribution in [-0.4, -0.2) is 18.8 Å². The van der Waals surface area contributed by atoms with Crippen LogP contribution >= 0.6 is 0 Å². The van der Waals surface area contributed by atoms with Crippen LogP contribution in [0.3, 0.4) is 0 Å². The Kier molecular flexibility index (Phi) is 5.60. The van der Waals surface area contributed by atoms with Gasteiger partial charge >= 0.3 is 51.4 Å². The van der Waals surface area contributed by atoms with Crippen molar-refractivity contribution < 1.29 is 73.3 Å². The standard InChI is InChI=1S/C18H22O5S.K/c1-18-9-8-14-13-5-3-12(23-24(20,21)22)10-11(13)2-4-15(14)16(18)6-7-17(18)19;/h3,5,10,14-16H,2,4,6-9H2,1H3,(H,20,21,22);/q;+1/p-1/t14-,15-,16+,18+;/m1./s1. The fourth-order valence-electron chi connectivity index (χ4n) is 5.50. The molecule has 3 aliphatic carbocycles. The summed E-state index contributed by atoms with van der Waals surface area (Å²) in [5.74, 6) is 1.95. The van der Waals surface area contributed by atoms with Crippen LogP contribution in [0.15, 0.2) is 18.2 Å². The fraction of sp³-hybridized carbons (Fsp3) is 0.611. The zero-order chi connectivity index (χ0) is 17.1. The van der Waals surface area contributed by atoms with Gasteiger partial charge in [0.15, 0.2) is 0 Å². The van der Waals surface area contributed by atoms with Crippen molar-refractivity contribution >= 4 is 16.2 Å². The molecule has 0 saturated heterocycles. The summed E-state index contributed by atoms with van der Waals surface area (Å²) in [5, 5.41) is 0. The van der Waals surface area contributed by atoms with Gasteiger partial charge in [-0.25, -0.2) is 8.42 Å². The van der Waals surface area contributed by atoms with Gasteiger partial charge in [0.1, 0.15) is 11.5 Å². The van der Waals surface area contributed by atoms with Gasteiger partial charge in [-0.15, -0.1) is 0 Å². The quantitative estimate of drug-likeness (QED) is 0.403. The van der Waals surface area contributed by atoms with Gasteiger partial charge in [-0.3, -0.25) is 4.79 Å². The van der Waals surface area contributed by atoms with Crippen LogP contribution in [0.1, 0.15) is 56.1 Å². The Bertz CT molecular complexity index is 806. The average molecular weight is 389 g/mol. The van der Waals surface area contributed by atoms with E-state index in [0.717, 1.165) is 37.7 Å². The van der Waals surface area contributed by atoms with Crippen LogP contribution in [0.4, 0.5) is 0 Å². The largest absolute Gasteiger partial charge is 1.00 e. The van der Waals surface area contributed by atoms with Crippen LogP contribution in [0.5, 0.6) is 5.75 Å². The molecule has 3 aliphatic rings. The van der Waals surface area contributed by atoms with Crippen LogP contribution in [0.25, 0.3) is 0 Å². The van der Waals surface area contributed by atoms with E-state index in [1.54, 1.807) is 12.1 Å². The number of rotatable bonds is 2. The summed E-state index contributed by atoms with van der Waals surface area (Å²) >= 11 is 0. The Morgan fingerprint density at radius 3 is 2.68 bits per heavy atom. The summed E-state index contributed by atoms with van der Waals surface area (Å²) in [6, 6.07) is 5.17. The number of hydrogen-bond acceptors (Lipinski definition) is 5. The molecule has 0 heterocycles. The molecule has 5 nitrogen and oxygen atoms in total. The number of benzene rings is 1. The molecule has 0 radical (unpaired) electrons. The molecule has 2 fully saturated rings. The molecule has 0 N–H and O–H groups in total. The summed E-state index contributed by atoms with van der Waals surface area (Å²) in [7, 11) is -4.74. The molecular weight excluding hydrogens is 367 g/mol. The predicted octanol–water partition coefficient (Wildman–Crippen LogP) is -0.0452. The van der Waals surface area contributed by atoms with E-state index in [2.05, 4.69) is 11.1 Å². The van der Waals surface area contributed by atoms with E-state index < -0.39 is 10.4 Å². The fourth-order valence-corrected chi connectivity index (χ4v) is 5.84. The normalized spacial score (nSPS) is 33.7. The van der Waals surface area contributed by atoms with Crippen molar-refractivity contribution in [2.45, 2.75) is 51.4 Å². The summed E-state index contributed by atoms with van der Waals surface area (Å²) < 4.78 is 36.8. The first-order valence-corrected chi connectivity index (χ1v) is 9.93. The molecule has 0 amide bonds. The summed E-state index contributed by atoms with van der Waals surface area (Å²) in [6.45, 7) is 2.15. The summed E-state index contributed by atoms with van der Waals surface area (Å²) in [4.78, 5) is 12.3. The third kappa shape index (κ3) is 3.53. The maximum Gasteiger partial charge on any atom is 1.00 e. The van der Waals surface area contributed by atoms with Gasteiger partial charge in [-0.2, -0.15) is 0 Å². The molecule has 0 spiro atoms. The molecule has 1 aromatic carbocycles. The number of ketones is 1. The zero-order valence-corrected chi connectivity index (χ0v) is 18.6. The van der Waals surface area contributed by atoms with Gasteiger partial charge in [0.2, 0.25) is 0 Å². The van der Waals surface area contributed by atoms with Crippen molar-refractivity contribution in [3.8, 4) is 5.75 Å². The Morgan fingerprint density at radius 2 is 1.96 bits per heavy atom. The second-order valence-electron chi connectivity index (χ2n) is 7.69. The van der Waals surface area contributed by atoms with Crippen LogP contribution in [0.2, 0.25) is 0 Å². The molecule has 0 aromatic heterocycles. The molecular formula is C18H21KO5S. The Balaban J connectivity index is 0.00000182. The number of Topliss-reactive ketones (excluding diaryl/α,β-unsaturated/α-hetero) is 1. The molecule has 130 valence electrons. The van der Waals surface area contributed by atoms with Gasteiger partial charge < -0.3 is 8.74 Å². The van der Waals surface area contributed by atoms with Crippen LogP contribution in [0, 0.1) is 17.3 Å². The molecule has 25 heavy (non-hydrogen) atoms. The van der Waals surface area contributed by atoms with Gasteiger partial charge in [0.05, 0.1) is 0 Å². The first-order valence-electron chi connectivity index (χ1n) is 8.59. The summed E-state index contributed by atoms with van der Waals surface area (Å²) in [6.07, 6.45) is 5.50. The zero-order valence-electron chi connectivity index (χ0n) is 14.7. The van der Waals surface area contributed by atoms with E-state index in [9.17, 15) is 17.8 Å². The topological polar surface area (TPSA) is 83.5 Å². The third-order valence-corrected chi connectivity index (χ3v) is 7.00. The first-order chi connectivity index (χ1) is 11.3. The summed E-state index contributed by atoms with van der Waals surface area (Å²) in [5.41, 5.74) is 2.17. The van der Waals surface area contributed by atoms with Crippen LogP contribution in [-0.2, 0) is 21.6 Å². The number of fused-ring (bicyclic) bond motifs is 5. The minimum atomic E-state index is -4.74. The smallest absolute Gasteiger partial charge is 0.716 e. The molecule has 2 saturated carbocycles. The van der Waals surface area contributed by atoms with Gasteiger partial charge in [-0.1, -0.05) is 13.0 Å². The maximum absolute atomic E-state index is 12.3. The average Bonchev–Trinajstić information content (AvgIpc) is 2.81. The number of aryl methyl sites for hydroxylation is 1. The number of carbonyl (C=O) groups is 1. The van der Waals surface area contributed by atoms with Crippen molar-refractivity contribution in [1.82, 2.24) is 0 Å². The van der Waals surface area contributed by atoms with Crippen molar-refractivity contribution in [2.75, 3.05) is 0 Å². The predicted molar refractivity (Wildman–Crippen MR) is 86.4 cm³/mol. The van der Waals surface area contributed by atoms with E-state index in [0.29, 0.717) is 30.0 Å². The Hall–Kier alpha value is 0.236. The molecule has 4 rings (SSSR count). The first kappa shape index (κ1) is 20.0. The molecule has 0 aliphatic heterocycles. The van der Waals surface area contributed by atoms with Gasteiger partial charge in [0, 0.05) is 11.8 Å². The molecule has 0 bridgehead atoms. The second-order valence-corrected chi connectivity index (χ2v) is 8.67. The van der Waals surface area contributed by atoms with Gasteiger partial charge in [-0.05, 0) is 73.1 Å². The number of hydrogen-bond donors (Lipinski definition) is 0. The van der Waals surface area contributed by atoms with Crippen molar-refractivity contribution in [3.05, 3.63) is 29.3 Å². The van der Waals surface area contributed by atoms with Crippen LogP contribution < -0.4 is 55.6 Å². The van der Waals surface area contributed by atoms with Gasteiger partial charge in [0.25, 0.3) is 10.4 Å². The monoisotopic (exact) mass is 388 g/mol. The molecule has 7 heteroatoms. The second kappa shape index (κ2) is 7.00. The van der Waals surface area contributed by atoms with E-state index in [1.165, 1.54) is 5.56 Å². The third-order valence-electron chi connectivity index (χ3n) is 6.61. The molecule has 1 aromatic rings. The van der Waals surface area contributed by atoms with Crippen molar-refractivity contribution in [2.24, 2.45) is 17.3 Å². The maximum atomic E-state index is 12.3. The van der Waals surface area contributed by atoms with Crippen molar-refractivity contribution in [3.63, 3.8) is 0 Å². The molecule has 0 unspecified atom stereocenters. The van der Waals surface area contributed by atoms with Crippen molar-refractivity contribution in [1.29, 1.82) is 0 Å². The van der Waals surface area contributed by atoms with E-state index >= 15 is 0 Å². The van der Waals surface area contributed by atoms with E-state index in [-0.39, 0.29) is 62.5 Å². The Labute approximate surface area is 191 Å². The minimum Gasteiger partial charge on any atom is -0.716 e. The van der Waals surface area contributed by atoms with E-state index in [1.807, 2.05) is 6.07 Å². The Morgan fingerprint density at radius 1 is 1.20 bits per heavy atom. The van der Waals surface area contributed by atoms with E-state index in [4.69, 9.17) is 0 Å².